The molecule has 0 amide bonds. The second-order valence-corrected chi connectivity index (χ2v) is 12.1. The van der Waals surface area contributed by atoms with Gasteiger partial charge in [0.25, 0.3) is 0 Å². The minimum absolute atomic E-state index is 0.278. The molecule has 2 aliphatic heterocycles. The van der Waals surface area contributed by atoms with E-state index >= 15 is 0 Å². The lowest BCUT2D eigenvalue weighted by Gasteiger charge is -2.40. The van der Waals surface area contributed by atoms with Crippen LogP contribution in [0.15, 0.2) is 36.4 Å². The summed E-state index contributed by atoms with van der Waals surface area (Å²) in [5.41, 5.74) is 14.6. The Morgan fingerprint density at radius 2 is 0.952 bits per heavy atom. The fraction of sp³-hybridized carbons (Fsp3) is 0.357. The number of piperidine rings is 2. The maximum atomic E-state index is 6.35. The van der Waals surface area contributed by atoms with Gasteiger partial charge in [-0.3, -0.25) is 0 Å². The lowest BCUT2D eigenvalue weighted by Crippen LogP contribution is -2.42. The van der Waals surface area contributed by atoms with Crippen molar-refractivity contribution in [2.24, 2.45) is 11.8 Å². The minimum Gasteiger partial charge on any atom is -0.382 e. The van der Waals surface area contributed by atoms with Crippen LogP contribution in [0, 0.1) is 11.8 Å². The summed E-state index contributed by atoms with van der Waals surface area (Å²) < 4.78 is 0. The number of hydrogen-bond acceptors (Lipinski definition) is 10. The first-order chi connectivity index (χ1) is 20.3. The molecule has 0 radical (unpaired) electrons. The third-order valence-electron chi connectivity index (χ3n) is 8.13. The Balaban J connectivity index is 1.04. The van der Waals surface area contributed by atoms with E-state index in [1.807, 2.05) is 0 Å². The molecule has 0 saturated carbocycles. The van der Waals surface area contributed by atoms with E-state index in [1.165, 1.54) is 0 Å². The van der Waals surface area contributed by atoms with Crippen molar-refractivity contribution in [3.05, 3.63) is 56.5 Å². The van der Waals surface area contributed by atoms with E-state index in [1.54, 1.807) is 36.4 Å². The van der Waals surface area contributed by atoms with Gasteiger partial charge in [-0.2, -0.15) is 9.97 Å². The Labute approximate surface area is 263 Å². The monoisotopic (exact) mass is 644 g/mol. The molecule has 0 unspecified atom stereocenters. The highest BCUT2D eigenvalue weighted by atomic mass is 35.5. The predicted molar refractivity (Wildman–Crippen MR) is 169 cm³/mol. The smallest absolute Gasteiger partial charge is 0.247 e. The van der Waals surface area contributed by atoms with Crippen molar-refractivity contribution in [1.29, 1.82) is 0 Å². The molecule has 2 saturated heterocycles. The van der Waals surface area contributed by atoms with Crippen LogP contribution in [0.5, 0.6) is 0 Å². The van der Waals surface area contributed by atoms with Gasteiger partial charge < -0.3 is 21.3 Å². The summed E-state index contributed by atoms with van der Waals surface area (Å²) in [7, 11) is 0. The first kappa shape index (κ1) is 28.9. The zero-order chi connectivity index (χ0) is 29.4. The van der Waals surface area contributed by atoms with E-state index in [4.69, 9.17) is 57.9 Å². The fourth-order valence-electron chi connectivity index (χ4n) is 5.82. The second kappa shape index (κ2) is 12.2. The number of rotatable bonds is 5. The highest BCUT2D eigenvalue weighted by Gasteiger charge is 2.31. The SMILES string of the molecule is Nc1nc(N2CCC(C3CCN(c4nnc(-c5cccc(Cl)c5Cl)c(N)n4)CC3)CC2)nnc1-c1cccc(Cl)c1Cl. The van der Waals surface area contributed by atoms with Crippen molar-refractivity contribution in [2.45, 2.75) is 25.7 Å². The zero-order valence-corrected chi connectivity index (χ0v) is 25.5. The molecule has 0 atom stereocenters. The Hall–Kier alpha value is -3.18. The van der Waals surface area contributed by atoms with E-state index in [9.17, 15) is 0 Å². The molecule has 2 aromatic carbocycles. The topological polar surface area (TPSA) is 136 Å². The van der Waals surface area contributed by atoms with Gasteiger partial charge in [-0.15, -0.1) is 20.4 Å². The average molecular weight is 646 g/mol. The second-order valence-electron chi connectivity index (χ2n) is 10.5. The molecule has 4 heterocycles. The highest BCUT2D eigenvalue weighted by molar-refractivity contribution is 6.44. The molecule has 6 rings (SSSR count). The molecule has 2 fully saturated rings. The van der Waals surface area contributed by atoms with Gasteiger partial charge in [0.05, 0.1) is 20.1 Å². The summed E-state index contributed by atoms with van der Waals surface area (Å²) in [6, 6.07) is 10.6. The molecular weight excluding hydrogens is 618 g/mol. The molecule has 10 nitrogen and oxygen atoms in total. The largest absolute Gasteiger partial charge is 0.382 e. The van der Waals surface area contributed by atoms with Crippen LogP contribution >= 0.6 is 46.4 Å². The summed E-state index contributed by atoms with van der Waals surface area (Å²) >= 11 is 25.0. The summed E-state index contributed by atoms with van der Waals surface area (Å²) in [6.45, 7) is 3.39. The Morgan fingerprint density at radius 3 is 1.31 bits per heavy atom. The molecule has 0 spiro atoms. The van der Waals surface area contributed by atoms with Crippen molar-refractivity contribution >= 4 is 69.9 Å². The van der Waals surface area contributed by atoms with Gasteiger partial charge in [-0.05, 0) is 49.7 Å². The van der Waals surface area contributed by atoms with Crippen molar-refractivity contribution < 1.29 is 0 Å². The first-order valence-electron chi connectivity index (χ1n) is 13.7. The van der Waals surface area contributed by atoms with Crippen LogP contribution in [0.3, 0.4) is 0 Å². The number of aromatic nitrogens is 6. The molecule has 0 bridgehead atoms. The summed E-state index contributed by atoms with van der Waals surface area (Å²) in [5, 5.41) is 19.0. The highest BCUT2D eigenvalue weighted by Crippen LogP contribution is 2.38. The number of nitrogen functional groups attached to an aromatic ring is 2. The maximum Gasteiger partial charge on any atom is 0.247 e. The van der Waals surface area contributed by atoms with Crippen LogP contribution in [0.1, 0.15) is 25.7 Å². The van der Waals surface area contributed by atoms with Crippen molar-refractivity contribution in [3.63, 3.8) is 0 Å². The van der Waals surface area contributed by atoms with Crippen LogP contribution in [0.25, 0.3) is 22.5 Å². The van der Waals surface area contributed by atoms with Crippen LogP contribution in [-0.4, -0.2) is 56.5 Å². The fourth-order valence-corrected chi connectivity index (χ4v) is 6.60. The lowest BCUT2D eigenvalue weighted by molar-refractivity contribution is 0.231. The van der Waals surface area contributed by atoms with Crippen molar-refractivity contribution in [1.82, 2.24) is 30.4 Å². The molecule has 4 N–H and O–H groups in total. The number of anilines is 4. The molecule has 2 aliphatic rings. The van der Waals surface area contributed by atoms with Crippen LogP contribution < -0.4 is 21.3 Å². The molecular formula is C28H28Cl4N10. The van der Waals surface area contributed by atoms with E-state index in [0.29, 0.717) is 66.3 Å². The maximum absolute atomic E-state index is 6.35. The third-order valence-corrected chi connectivity index (χ3v) is 9.77. The number of halogens is 4. The van der Waals surface area contributed by atoms with Gasteiger partial charge in [0.2, 0.25) is 11.9 Å². The van der Waals surface area contributed by atoms with E-state index in [0.717, 1.165) is 51.9 Å². The van der Waals surface area contributed by atoms with Crippen molar-refractivity contribution in [2.75, 3.05) is 47.4 Å². The molecule has 2 aromatic heterocycles. The number of benzene rings is 2. The third kappa shape index (κ3) is 5.73. The zero-order valence-electron chi connectivity index (χ0n) is 22.5. The van der Waals surface area contributed by atoms with Gasteiger partial charge in [0, 0.05) is 37.3 Å². The number of nitrogens with two attached hydrogens (primary N) is 2. The predicted octanol–water partition coefficient (Wildman–Crippen LogP) is 6.30. The van der Waals surface area contributed by atoms with Gasteiger partial charge in [0.1, 0.15) is 11.4 Å². The average Bonchev–Trinajstić information content (AvgIpc) is 3.00. The molecule has 218 valence electrons. The number of nitrogens with zero attached hydrogens (tertiary/aromatic N) is 8. The number of hydrogen-bond donors (Lipinski definition) is 2. The standard InChI is InChI=1S/C28H28Cl4N10/c29-19-5-1-3-17(21(19)31)23-25(33)35-27(39-37-23)41-11-7-15(8-12-41)16-9-13-42(14-10-16)28-36-26(34)24(38-40-28)18-4-2-6-20(30)22(18)32/h1-6,15-16H,7-14H2,(H2,33,35,39)(H2,34,36,40). The van der Waals surface area contributed by atoms with E-state index < -0.39 is 0 Å². The van der Waals surface area contributed by atoms with E-state index in [-0.39, 0.29) is 11.6 Å². The normalized spacial score (nSPS) is 16.7. The van der Waals surface area contributed by atoms with Gasteiger partial charge in [-0.25, -0.2) is 0 Å². The Morgan fingerprint density at radius 1 is 0.571 bits per heavy atom. The summed E-state index contributed by atoms with van der Waals surface area (Å²) in [4.78, 5) is 13.4. The van der Waals surface area contributed by atoms with Gasteiger partial charge in [-0.1, -0.05) is 70.7 Å². The lowest BCUT2D eigenvalue weighted by atomic mass is 9.79. The van der Waals surface area contributed by atoms with Crippen LogP contribution in [0.2, 0.25) is 20.1 Å². The van der Waals surface area contributed by atoms with Gasteiger partial charge >= 0.3 is 0 Å². The summed E-state index contributed by atoms with van der Waals surface area (Å²) in [5.74, 6) is 2.86. The molecule has 42 heavy (non-hydrogen) atoms. The quantitative estimate of drug-likeness (QED) is 0.254. The van der Waals surface area contributed by atoms with Crippen molar-refractivity contribution in [3.8, 4) is 22.5 Å². The Kier molecular flexibility index (Phi) is 8.40. The van der Waals surface area contributed by atoms with Crippen LogP contribution in [-0.2, 0) is 0 Å². The Bertz CT molecular complexity index is 1490. The summed E-state index contributed by atoms with van der Waals surface area (Å²) in [6.07, 6.45) is 4.21. The molecule has 14 heteroatoms. The molecule has 0 aliphatic carbocycles. The molecule has 4 aromatic rings. The van der Waals surface area contributed by atoms with E-state index in [2.05, 4.69) is 40.2 Å². The first-order valence-corrected chi connectivity index (χ1v) is 15.2. The van der Waals surface area contributed by atoms with Crippen LogP contribution in [0.4, 0.5) is 23.5 Å². The van der Waals surface area contributed by atoms with Gasteiger partial charge in [0.15, 0.2) is 11.6 Å². The minimum atomic E-state index is 0.278.